The molecule has 0 aromatic heterocycles. The average molecular weight is 312 g/mol. The van der Waals surface area contributed by atoms with Crippen molar-refractivity contribution >= 4 is 0 Å². The van der Waals surface area contributed by atoms with Crippen LogP contribution in [0.2, 0.25) is 0 Å². The first kappa shape index (κ1) is 14.4. The van der Waals surface area contributed by atoms with Crippen LogP contribution in [0.4, 0.5) is 0 Å². The van der Waals surface area contributed by atoms with Gasteiger partial charge in [0.05, 0.1) is 6.10 Å². The van der Waals surface area contributed by atoms with E-state index in [-0.39, 0.29) is 6.10 Å². The van der Waals surface area contributed by atoms with Crippen LogP contribution in [0, 0.1) is 5.92 Å². The van der Waals surface area contributed by atoms with Crippen LogP contribution in [-0.2, 0) is 6.42 Å². The number of hydrogen-bond acceptors (Lipinski definition) is 3. The summed E-state index contributed by atoms with van der Waals surface area (Å²) in [6.45, 7) is 3.70. The summed E-state index contributed by atoms with van der Waals surface area (Å²) >= 11 is 0. The summed E-state index contributed by atoms with van der Waals surface area (Å²) in [4.78, 5) is 5.45. The predicted octanol–water partition coefficient (Wildman–Crippen LogP) is 2.59. The highest BCUT2D eigenvalue weighted by atomic mass is 16.3. The minimum absolute atomic E-state index is 0.286. The summed E-state index contributed by atoms with van der Waals surface area (Å²) in [7, 11) is 0. The topological polar surface area (TPSA) is 26.7 Å². The van der Waals surface area contributed by atoms with Crippen molar-refractivity contribution in [3.05, 3.63) is 35.4 Å². The van der Waals surface area contributed by atoms with E-state index in [0.717, 1.165) is 24.4 Å². The van der Waals surface area contributed by atoms with E-state index in [2.05, 4.69) is 34.1 Å². The van der Waals surface area contributed by atoms with Crippen molar-refractivity contribution in [1.29, 1.82) is 0 Å². The molecule has 2 heterocycles. The van der Waals surface area contributed by atoms with Gasteiger partial charge in [0.15, 0.2) is 0 Å². The van der Waals surface area contributed by atoms with E-state index in [4.69, 9.17) is 0 Å². The Bertz CT molecular complexity index is 585. The predicted molar refractivity (Wildman–Crippen MR) is 91.3 cm³/mol. The van der Waals surface area contributed by atoms with Crippen LogP contribution in [0.3, 0.4) is 0 Å². The fraction of sp³-hybridized carbons (Fsp3) is 0.700. The summed E-state index contributed by atoms with van der Waals surface area (Å²) in [6.07, 6.45) is 7.68. The summed E-state index contributed by atoms with van der Waals surface area (Å²) < 4.78 is 0. The highest BCUT2D eigenvalue weighted by Gasteiger charge is 2.44. The Balaban J connectivity index is 1.31. The number of rotatable bonds is 2. The zero-order valence-electron chi connectivity index (χ0n) is 13.9. The summed E-state index contributed by atoms with van der Waals surface area (Å²) in [6, 6.07) is 10.5. The van der Waals surface area contributed by atoms with Crippen molar-refractivity contribution in [2.45, 2.75) is 62.8 Å². The average Bonchev–Trinajstić information content (AvgIpc) is 3.38. The lowest BCUT2D eigenvalue weighted by Gasteiger charge is -2.49. The molecular weight excluding hydrogens is 284 g/mol. The van der Waals surface area contributed by atoms with Crippen molar-refractivity contribution in [3.63, 3.8) is 0 Å². The molecule has 124 valence electrons. The van der Waals surface area contributed by atoms with E-state index >= 15 is 0 Å². The van der Waals surface area contributed by atoms with E-state index in [0.29, 0.717) is 6.04 Å². The second-order valence-electron chi connectivity index (χ2n) is 8.14. The van der Waals surface area contributed by atoms with Gasteiger partial charge >= 0.3 is 0 Å². The number of hydrogen-bond donors (Lipinski definition) is 1. The minimum Gasteiger partial charge on any atom is -0.387 e. The monoisotopic (exact) mass is 312 g/mol. The zero-order valence-corrected chi connectivity index (χ0v) is 13.9. The molecule has 2 aliphatic heterocycles. The van der Waals surface area contributed by atoms with Gasteiger partial charge in [0.25, 0.3) is 0 Å². The Labute approximate surface area is 139 Å². The molecular formula is C20H28N2O. The Morgan fingerprint density at radius 3 is 2.65 bits per heavy atom. The van der Waals surface area contributed by atoms with Crippen LogP contribution in [0.25, 0.3) is 0 Å². The van der Waals surface area contributed by atoms with Crippen LogP contribution in [0.15, 0.2) is 24.3 Å². The molecule has 1 N–H and O–H groups in total. The van der Waals surface area contributed by atoms with E-state index in [1.807, 2.05) is 0 Å². The molecule has 2 saturated heterocycles. The first-order valence-electron chi connectivity index (χ1n) is 9.57. The molecule has 2 aliphatic carbocycles. The van der Waals surface area contributed by atoms with Crippen LogP contribution in [0.1, 0.15) is 49.3 Å². The number of aliphatic hydroxyl groups is 1. The summed E-state index contributed by atoms with van der Waals surface area (Å²) in [5.41, 5.74) is 2.53. The highest BCUT2D eigenvalue weighted by molar-refractivity contribution is 5.36. The number of piperidine rings is 2. The summed E-state index contributed by atoms with van der Waals surface area (Å²) in [5, 5.41) is 10.8. The van der Waals surface area contributed by atoms with Gasteiger partial charge in [-0.2, -0.15) is 0 Å². The van der Waals surface area contributed by atoms with Crippen molar-refractivity contribution in [2.24, 2.45) is 5.92 Å². The molecule has 5 rings (SSSR count). The van der Waals surface area contributed by atoms with Crippen LogP contribution < -0.4 is 0 Å². The first-order valence-corrected chi connectivity index (χ1v) is 9.57. The lowest BCUT2D eigenvalue weighted by molar-refractivity contribution is -0.0222. The Hall–Kier alpha value is -0.900. The number of likely N-dealkylation sites (tertiary alicyclic amines) is 2. The Kier molecular flexibility index (Phi) is 3.50. The third-order valence-electron chi connectivity index (χ3n) is 6.79. The Morgan fingerprint density at radius 1 is 0.957 bits per heavy atom. The van der Waals surface area contributed by atoms with Gasteiger partial charge in [-0.15, -0.1) is 0 Å². The SMILES string of the molecule is OC1c2ccccc2CC1N1CCC2C(CCCN2C2CC2)C1. The fourth-order valence-electron chi connectivity index (χ4n) is 5.51. The van der Waals surface area contributed by atoms with Gasteiger partial charge in [-0.05, 0) is 62.1 Å². The van der Waals surface area contributed by atoms with Crippen molar-refractivity contribution in [3.8, 4) is 0 Å². The molecule has 0 bridgehead atoms. The molecule has 23 heavy (non-hydrogen) atoms. The number of nitrogens with zero attached hydrogens (tertiary/aromatic N) is 2. The van der Waals surface area contributed by atoms with Gasteiger partial charge in [0, 0.05) is 31.2 Å². The van der Waals surface area contributed by atoms with E-state index in [1.54, 1.807) is 0 Å². The van der Waals surface area contributed by atoms with Gasteiger partial charge in [0.1, 0.15) is 0 Å². The van der Waals surface area contributed by atoms with Gasteiger partial charge in [-0.25, -0.2) is 0 Å². The largest absolute Gasteiger partial charge is 0.387 e. The molecule has 4 unspecified atom stereocenters. The molecule has 3 fully saturated rings. The molecule has 0 amide bonds. The molecule has 3 heteroatoms. The second kappa shape index (κ2) is 5.58. The number of benzene rings is 1. The normalized spacial score (nSPS) is 38.3. The smallest absolute Gasteiger partial charge is 0.0951 e. The molecule has 4 aliphatic rings. The van der Waals surface area contributed by atoms with Crippen molar-refractivity contribution in [1.82, 2.24) is 9.80 Å². The second-order valence-corrected chi connectivity index (χ2v) is 8.14. The maximum absolute atomic E-state index is 10.8. The van der Waals surface area contributed by atoms with Gasteiger partial charge in [-0.1, -0.05) is 24.3 Å². The minimum atomic E-state index is -0.286. The van der Waals surface area contributed by atoms with Crippen LogP contribution in [-0.4, -0.2) is 52.7 Å². The van der Waals surface area contributed by atoms with Crippen LogP contribution >= 0.6 is 0 Å². The molecule has 0 radical (unpaired) electrons. The Morgan fingerprint density at radius 2 is 1.83 bits per heavy atom. The van der Waals surface area contributed by atoms with E-state index in [1.165, 1.54) is 62.9 Å². The van der Waals surface area contributed by atoms with Crippen molar-refractivity contribution in [2.75, 3.05) is 19.6 Å². The maximum atomic E-state index is 10.8. The maximum Gasteiger partial charge on any atom is 0.0951 e. The first-order chi connectivity index (χ1) is 11.3. The molecule has 1 aromatic carbocycles. The van der Waals surface area contributed by atoms with Gasteiger partial charge < -0.3 is 5.11 Å². The lowest BCUT2D eigenvalue weighted by Crippen LogP contribution is -2.57. The quantitative estimate of drug-likeness (QED) is 0.909. The molecule has 1 saturated carbocycles. The van der Waals surface area contributed by atoms with Gasteiger partial charge in [-0.3, -0.25) is 9.80 Å². The van der Waals surface area contributed by atoms with Gasteiger partial charge in [0.2, 0.25) is 0 Å². The highest BCUT2D eigenvalue weighted by Crippen LogP contribution is 2.41. The third-order valence-corrected chi connectivity index (χ3v) is 6.79. The molecule has 4 atom stereocenters. The number of aliphatic hydroxyl groups excluding tert-OH is 1. The number of fused-ring (bicyclic) bond motifs is 2. The standard InChI is InChI=1S/C20H28N2O/c23-20-17-6-2-1-4-14(17)12-19(20)21-11-9-18-15(13-21)5-3-10-22(18)16-7-8-16/h1-2,4,6,15-16,18-20,23H,3,5,7-13H2. The molecule has 3 nitrogen and oxygen atoms in total. The fourth-order valence-corrected chi connectivity index (χ4v) is 5.51. The van der Waals surface area contributed by atoms with E-state index < -0.39 is 0 Å². The molecule has 0 spiro atoms. The third kappa shape index (κ3) is 2.45. The van der Waals surface area contributed by atoms with E-state index in [9.17, 15) is 5.11 Å². The lowest BCUT2D eigenvalue weighted by atomic mass is 9.83. The van der Waals surface area contributed by atoms with Crippen molar-refractivity contribution < 1.29 is 5.11 Å². The van der Waals surface area contributed by atoms with Crippen LogP contribution in [0.5, 0.6) is 0 Å². The zero-order chi connectivity index (χ0) is 15.4. The molecule has 1 aromatic rings. The summed E-state index contributed by atoms with van der Waals surface area (Å²) in [5.74, 6) is 0.828.